The van der Waals surface area contributed by atoms with Gasteiger partial charge >= 0.3 is 5.97 Å². The maximum Gasteiger partial charge on any atom is 0.305 e. The first kappa shape index (κ1) is 17.4. The standard InChI is InChI=1S/C15H30O3/c1-4-7-9-14(6-3)13-18-15(16)10-8-12-17-11-5-2/h14H,4-13H2,1-3H3. The van der Waals surface area contributed by atoms with Gasteiger partial charge in [-0.15, -0.1) is 0 Å². The first-order chi connectivity index (χ1) is 8.74. The molecule has 0 amide bonds. The predicted molar refractivity (Wildman–Crippen MR) is 74.6 cm³/mol. The van der Waals surface area contributed by atoms with E-state index in [0.29, 0.717) is 25.6 Å². The van der Waals surface area contributed by atoms with Gasteiger partial charge in [0.15, 0.2) is 0 Å². The summed E-state index contributed by atoms with van der Waals surface area (Å²) < 4.78 is 10.6. The van der Waals surface area contributed by atoms with Gasteiger partial charge in [0.05, 0.1) is 6.61 Å². The molecule has 108 valence electrons. The first-order valence-corrected chi connectivity index (χ1v) is 7.47. The average Bonchev–Trinajstić information content (AvgIpc) is 2.39. The van der Waals surface area contributed by atoms with Gasteiger partial charge in [-0.3, -0.25) is 4.79 Å². The number of carbonyl (C=O) groups is 1. The second kappa shape index (κ2) is 12.9. The quantitative estimate of drug-likeness (QED) is 0.393. The Bertz CT molecular complexity index is 192. The molecule has 0 aliphatic heterocycles. The van der Waals surface area contributed by atoms with E-state index < -0.39 is 0 Å². The lowest BCUT2D eigenvalue weighted by Gasteiger charge is -2.14. The fourth-order valence-corrected chi connectivity index (χ4v) is 1.75. The van der Waals surface area contributed by atoms with Crippen LogP contribution in [-0.4, -0.2) is 25.8 Å². The Morgan fingerprint density at radius 3 is 2.44 bits per heavy atom. The van der Waals surface area contributed by atoms with Gasteiger partial charge in [-0.25, -0.2) is 0 Å². The van der Waals surface area contributed by atoms with Crippen LogP contribution in [0.25, 0.3) is 0 Å². The lowest BCUT2D eigenvalue weighted by Crippen LogP contribution is -2.14. The van der Waals surface area contributed by atoms with Crippen molar-refractivity contribution >= 4 is 5.97 Å². The van der Waals surface area contributed by atoms with Crippen molar-refractivity contribution in [3.8, 4) is 0 Å². The number of hydrogen-bond donors (Lipinski definition) is 0. The lowest BCUT2D eigenvalue weighted by atomic mass is 10.0. The van der Waals surface area contributed by atoms with Crippen LogP contribution in [0.5, 0.6) is 0 Å². The van der Waals surface area contributed by atoms with Gasteiger partial charge in [0.1, 0.15) is 0 Å². The number of hydrogen-bond acceptors (Lipinski definition) is 3. The Labute approximate surface area is 112 Å². The van der Waals surface area contributed by atoms with Crippen LogP contribution in [0.1, 0.15) is 65.7 Å². The number of ether oxygens (including phenoxy) is 2. The summed E-state index contributed by atoms with van der Waals surface area (Å²) in [5.41, 5.74) is 0. The van der Waals surface area contributed by atoms with E-state index in [1.165, 1.54) is 19.3 Å². The van der Waals surface area contributed by atoms with Crippen LogP contribution in [0.15, 0.2) is 0 Å². The zero-order chi connectivity index (χ0) is 13.6. The predicted octanol–water partition coefficient (Wildman–Crippen LogP) is 3.95. The summed E-state index contributed by atoms with van der Waals surface area (Å²) in [6, 6.07) is 0. The summed E-state index contributed by atoms with van der Waals surface area (Å²) in [6.07, 6.45) is 6.96. The molecule has 1 atom stereocenters. The van der Waals surface area contributed by atoms with Crippen molar-refractivity contribution < 1.29 is 14.3 Å². The highest BCUT2D eigenvalue weighted by molar-refractivity contribution is 5.69. The van der Waals surface area contributed by atoms with Crippen molar-refractivity contribution in [2.75, 3.05) is 19.8 Å². The van der Waals surface area contributed by atoms with E-state index >= 15 is 0 Å². The normalized spacial score (nSPS) is 12.4. The van der Waals surface area contributed by atoms with Gasteiger partial charge < -0.3 is 9.47 Å². The molecule has 0 fully saturated rings. The number of esters is 1. The van der Waals surface area contributed by atoms with Crippen molar-refractivity contribution in [3.05, 3.63) is 0 Å². The van der Waals surface area contributed by atoms with Gasteiger partial charge in [0.2, 0.25) is 0 Å². The van der Waals surface area contributed by atoms with Gasteiger partial charge in [0, 0.05) is 19.6 Å². The van der Waals surface area contributed by atoms with Crippen molar-refractivity contribution in [3.63, 3.8) is 0 Å². The maximum absolute atomic E-state index is 11.5. The van der Waals surface area contributed by atoms with Crippen molar-refractivity contribution in [1.29, 1.82) is 0 Å². The molecule has 0 aliphatic rings. The molecular weight excluding hydrogens is 228 g/mol. The SMILES string of the molecule is CCCCC(CC)COC(=O)CCCOCCC. The van der Waals surface area contributed by atoms with E-state index in [2.05, 4.69) is 20.8 Å². The van der Waals surface area contributed by atoms with Gasteiger partial charge in [-0.1, -0.05) is 40.0 Å². The van der Waals surface area contributed by atoms with Crippen molar-refractivity contribution in [2.24, 2.45) is 5.92 Å². The fourth-order valence-electron chi connectivity index (χ4n) is 1.75. The van der Waals surface area contributed by atoms with Crippen LogP contribution < -0.4 is 0 Å². The Hall–Kier alpha value is -0.570. The zero-order valence-electron chi connectivity index (χ0n) is 12.4. The van der Waals surface area contributed by atoms with Crippen LogP contribution in [0.4, 0.5) is 0 Å². The van der Waals surface area contributed by atoms with Crippen LogP contribution in [0.2, 0.25) is 0 Å². The molecule has 0 heterocycles. The fraction of sp³-hybridized carbons (Fsp3) is 0.933. The van der Waals surface area contributed by atoms with E-state index in [1.54, 1.807) is 0 Å². The third kappa shape index (κ3) is 10.6. The Kier molecular flexibility index (Phi) is 12.5. The second-order valence-electron chi connectivity index (χ2n) is 4.82. The molecule has 0 saturated carbocycles. The van der Waals surface area contributed by atoms with Crippen molar-refractivity contribution in [2.45, 2.75) is 65.7 Å². The van der Waals surface area contributed by atoms with Gasteiger partial charge in [-0.2, -0.15) is 0 Å². The molecule has 3 heteroatoms. The first-order valence-electron chi connectivity index (χ1n) is 7.47. The minimum absolute atomic E-state index is 0.0787. The highest BCUT2D eigenvalue weighted by atomic mass is 16.5. The molecular formula is C15H30O3. The smallest absolute Gasteiger partial charge is 0.305 e. The highest BCUT2D eigenvalue weighted by Crippen LogP contribution is 2.13. The van der Waals surface area contributed by atoms with Crippen molar-refractivity contribution in [1.82, 2.24) is 0 Å². The molecule has 0 saturated heterocycles. The lowest BCUT2D eigenvalue weighted by molar-refractivity contribution is -0.145. The Morgan fingerprint density at radius 1 is 1.06 bits per heavy atom. The molecule has 0 spiro atoms. The summed E-state index contributed by atoms with van der Waals surface area (Å²) in [7, 11) is 0. The minimum atomic E-state index is -0.0787. The monoisotopic (exact) mass is 258 g/mol. The summed E-state index contributed by atoms with van der Waals surface area (Å²) in [4.78, 5) is 11.5. The summed E-state index contributed by atoms with van der Waals surface area (Å²) in [5, 5.41) is 0. The van der Waals surface area contributed by atoms with Crippen LogP contribution >= 0.6 is 0 Å². The average molecular weight is 258 g/mol. The van der Waals surface area contributed by atoms with Crippen LogP contribution in [0, 0.1) is 5.92 Å². The molecule has 0 bridgehead atoms. The number of rotatable bonds is 12. The third-order valence-corrected chi connectivity index (χ3v) is 3.04. The Morgan fingerprint density at radius 2 is 1.83 bits per heavy atom. The van der Waals surface area contributed by atoms with Crippen LogP contribution in [-0.2, 0) is 14.3 Å². The molecule has 0 rings (SSSR count). The summed E-state index contributed by atoms with van der Waals surface area (Å²) in [5.74, 6) is 0.454. The third-order valence-electron chi connectivity index (χ3n) is 3.04. The van der Waals surface area contributed by atoms with Crippen LogP contribution in [0.3, 0.4) is 0 Å². The van der Waals surface area contributed by atoms with E-state index in [9.17, 15) is 4.79 Å². The minimum Gasteiger partial charge on any atom is -0.465 e. The van der Waals surface area contributed by atoms with E-state index in [0.717, 1.165) is 25.9 Å². The molecule has 0 aromatic heterocycles. The van der Waals surface area contributed by atoms with E-state index in [4.69, 9.17) is 9.47 Å². The molecule has 0 aromatic rings. The largest absolute Gasteiger partial charge is 0.465 e. The Balaban J connectivity index is 3.49. The molecule has 1 unspecified atom stereocenters. The summed E-state index contributed by atoms with van der Waals surface area (Å²) in [6.45, 7) is 8.46. The molecule has 18 heavy (non-hydrogen) atoms. The van der Waals surface area contributed by atoms with E-state index in [1.807, 2.05) is 0 Å². The topological polar surface area (TPSA) is 35.5 Å². The molecule has 0 aromatic carbocycles. The zero-order valence-corrected chi connectivity index (χ0v) is 12.4. The van der Waals surface area contributed by atoms with Gasteiger partial charge in [-0.05, 0) is 25.2 Å². The number of unbranched alkanes of at least 4 members (excludes halogenated alkanes) is 1. The summed E-state index contributed by atoms with van der Waals surface area (Å²) >= 11 is 0. The second-order valence-corrected chi connectivity index (χ2v) is 4.82. The molecule has 0 aliphatic carbocycles. The maximum atomic E-state index is 11.5. The van der Waals surface area contributed by atoms with Gasteiger partial charge in [0.25, 0.3) is 0 Å². The molecule has 0 N–H and O–H groups in total. The highest BCUT2D eigenvalue weighted by Gasteiger charge is 2.09. The number of carbonyl (C=O) groups excluding carboxylic acids is 1. The molecule has 3 nitrogen and oxygen atoms in total. The van der Waals surface area contributed by atoms with E-state index in [-0.39, 0.29) is 5.97 Å². The molecule has 0 radical (unpaired) electrons.